The van der Waals surface area contributed by atoms with Gasteiger partial charge in [-0.25, -0.2) is 9.97 Å². The van der Waals surface area contributed by atoms with Gasteiger partial charge in [0.15, 0.2) is 0 Å². The van der Waals surface area contributed by atoms with Gasteiger partial charge < -0.3 is 10.6 Å². The average Bonchev–Trinajstić information content (AvgIpc) is 2.29. The van der Waals surface area contributed by atoms with Crippen molar-refractivity contribution in [3.8, 4) is 0 Å². The van der Waals surface area contributed by atoms with Crippen molar-refractivity contribution in [3.05, 3.63) is 11.9 Å². The Balaban J connectivity index is 2.55. The summed E-state index contributed by atoms with van der Waals surface area (Å²) >= 11 is 0. The molecule has 16 heavy (non-hydrogen) atoms. The van der Waals surface area contributed by atoms with E-state index in [-0.39, 0.29) is 0 Å². The summed E-state index contributed by atoms with van der Waals surface area (Å²) in [5, 5.41) is 6.58. The molecule has 0 amide bonds. The summed E-state index contributed by atoms with van der Waals surface area (Å²) in [6, 6.07) is 0. The molecule has 0 saturated heterocycles. The van der Waals surface area contributed by atoms with E-state index in [2.05, 4.69) is 34.4 Å². The third-order valence-electron chi connectivity index (χ3n) is 2.50. The van der Waals surface area contributed by atoms with Crippen molar-refractivity contribution in [3.63, 3.8) is 0 Å². The Kier molecular flexibility index (Phi) is 5.61. The fourth-order valence-corrected chi connectivity index (χ4v) is 1.56. The Labute approximate surface area is 97.9 Å². The van der Waals surface area contributed by atoms with Crippen LogP contribution in [0.2, 0.25) is 0 Å². The zero-order valence-electron chi connectivity index (χ0n) is 10.5. The summed E-state index contributed by atoms with van der Waals surface area (Å²) in [5.74, 6) is 1.87. The highest BCUT2D eigenvalue weighted by Crippen LogP contribution is 2.17. The fraction of sp³-hybridized carbons (Fsp3) is 0.667. The molecule has 1 aromatic heterocycles. The summed E-state index contributed by atoms with van der Waals surface area (Å²) in [6.07, 6.45) is 5.30. The van der Waals surface area contributed by atoms with Crippen molar-refractivity contribution in [1.29, 1.82) is 0 Å². The molecule has 0 fully saturated rings. The molecule has 90 valence electrons. The van der Waals surface area contributed by atoms with Gasteiger partial charge >= 0.3 is 0 Å². The van der Waals surface area contributed by atoms with Crippen LogP contribution in [-0.4, -0.2) is 23.1 Å². The second kappa shape index (κ2) is 7.04. The van der Waals surface area contributed by atoms with Gasteiger partial charge in [0.2, 0.25) is 0 Å². The molecule has 0 saturated carbocycles. The molecule has 4 nitrogen and oxygen atoms in total. The lowest BCUT2D eigenvalue weighted by atomic mass is 10.2. The van der Waals surface area contributed by atoms with Gasteiger partial charge in [-0.05, 0) is 20.3 Å². The molecule has 0 atom stereocenters. The van der Waals surface area contributed by atoms with Crippen molar-refractivity contribution in [2.45, 2.75) is 40.0 Å². The molecule has 0 bridgehead atoms. The number of anilines is 2. The van der Waals surface area contributed by atoms with Gasteiger partial charge in [0.1, 0.15) is 18.0 Å². The summed E-state index contributed by atoms with van der Waals surface area (Å²) in [5.41, 5.74) is 1.10. The largest absolute Gasteiger partial charge is 0.370 e. The number of hydrogen-bond donors (Lipinski definition) is 2. The van der Waals surface area contributed by atoms with Crippen molar-refractivity contribution in [2.75, 3.05) is 23.7 Å². The highest BCUT2D eigenvalue weighted by atomic mass is 15.1. The predicted molar refractivity (Wildman–Crippen MR) is 68.9 cm³/mol. The Bertz CT molecular complexity index is 312. The Morgan fingerprint density at radius 1 is 1.06 bits per heavy atom. The normalized spacial score (nSPS) is 10.2. The van der Waals surface area contributed by atoms with E-state index in [9.17, 15) is 0 Å². The third kappa shape index (κ3) is 3.68. The highest BCUT2D eigenvalue weighted by Gasteiger charge is 2.04. The first-order valence-corrected chi connectivity index (χ1v) is 6.08. The van der Waals surface area contributed by atoms with E-state index in [1.54, 1.807) is 6.33 Å². The Morgan fingerprint density at radius 3 is 2.38 bits per heavy atom. The van der Waals surface area contributed by atoms with Gasteiger partial charge in [-0.3, -0.25) is 0 Å². The van der Waals surface area contributed by atoms with E-state index in [0.717, 1.165) is 30.3 Å². The van der Waals surface area contributed by atoms with E-state index >= 15 is 0 Å². The van der Waals surface area contributed by atoms with Crippen molar-refractivity contribution in [2.24, 2.45) is 0 Å². The van der Waals surface area contributed by atoms with Gasteiger partial charge in [0.05, 0.1) is 0 Å². The summed E-state index contributed by atoms with van der Waals surface area (Å²) < 4.78 is 0. The molecule has 1 aromatic rings. The summed E-state index contributed by atoms with van der Waals surface area (Å²) in [7, 11) is 0. The first kappa shape index (κ1) is 12.7. The minimum Gasteiger partial charge on any atom is -0.370 e. The molecule has 0 unspecified atom stereocenters. The smallest absolute Gasteiger partial charge is 0.134 e. The zero-order valence-corrected chi connectivity index (χ0v) is 10.5. The molecule has 0 aliphatic heterocycles. The predicted octanol–water partition coefficient (Wildman–Crippen LogP) is 2.82. The van der Waals surface area contributed by atoms with Crippen LogP contribution in [0, 0.1) is 6.92 Å². The molecule has 0 radical (unpaired) electrons. The lowest BCUT2D eigenvalue weighted by Gasteiger charge is -2.11. The van der Waals surface area contributed by atoms with Crippen molar-refractivity contribution < 1.29 is 0 Å². The number of unbranched alkanes of at least 4 members (excludes halogenated alkanes) is 2. The molecule has 0 aliphatic rings. The minimum atomic E-state index is 0.882. The molecular formula is C12H22N4. The second-order valence-corrected chi connectivity index (χ2v) is 3.86. The van der Waals surface area contributed by atoms with Gasteiger partial charge in [0.25, 0.3) is 0 Å². The van der Waals surface area contributed by atoms with Crippen LogP contribution in [0.5, 0.6) is 0 Å². The number of rotatable bonds is 7. The van der Waals surface area contributed by atoms with Crippen LogP contribution < -0.4 is 10.6 Å². The lowest BCUT2D eigenvalue weighted by Crippen LogP contribution is -2.09. The van der Waals surface area contributed by atoms with Crippen LogP contribution in [0.3, 0.4) is 0 Å². The zero-order chi connectivity index (χ0) is 11.8. The summed E-state index contributed by atoms with van der Waals surface area (Å²) in [6.45, 7) is 8.18. The lowest BCUT2D eigenvalue weighted by molar-refractivity contribution is 0.741. The van der Waals surface area contributed by atoms with Gasteiger partial charge in [-0.15, -0.1) is 0 Å². The van der Waals surface area contributed by atoms with Crippen LogP contribution in [0.15, 0.2) is 6.33 Å². The van der Waals surface area contributed by atoms with E-state index in [4.69, 9.17) is 0 Å². The first-order valence-electron chi connectivity index (χ1n) is 6.08. The number of hydrogen-bond acceptors (Lipinski definition) is 4. The molecular weight excluding hydrogens is 200 g/mol. The van der Waals surface area contributed by atoms with Crippen molar-refractivity contribution in [1.82, 2.24) is 9.97 Å². The van der Waals surface area contributed by atoms with E-state index < -0.39 is 0 Å². The fourth-order valence-electron chi connectivity index (χ4n) is 1.56. The number of nitrogens with zero attached hydrogens (tertiary/aromatic N) is 2. The van der Waals surface area contributed by atoms with Gasteiger partial charge in [-0.2, -0.15) is 0 Å². The SMILES string of the molecule is CCCCCNc1ncnc(NCC)c1C. The van der Waals surface area contributed by atoms with E-state index in [1.807, 2.05) is 6.92 Å². The van der Waals surface area contributed by atoms with Gasteiger partial charge in [0, 0.05) is 18.7 Å². The quantitative estimate of drug-likeness (QED) is 0.696. The number of nitrogens with one attached hydrogen (secondary N) is 2. The third-order valence-corrected chi connectivity index (χ3v) is 2.50. The maximum absolute atomic E-state index is 4.26. The maximum Gasteiger partial charge on any atom is 0.134 e. The monoisotopic (exact) mass is 222 g/mol. The maximum atomic E-state index is 4.26. The molecule has 0 aliphatic carbocycles. The molecule has 4 heteroatoms. The molecule has 0 aromatic carbocycles. The average molecular weight is 222 g/mol. The first-order chi connectivity index (χ1) is 7.79. The van der Waals surface area contributed by atoms with Gasteiger partial charge in [-0.1, -0.05) is 19.8 Å². The van der Waals surface area contributed by atoms with Crippen LogP contribution in [0.1, 0.15) is 38.7 Å². The molecule has 1 rings (SSSR count). The van der Waals surface area contributed by atoms with Crippen LogP contribution in [0.4, 0.5) is 11.6 Å². The Hall–Kier alpha value is -1.32. The Morgan fingerprint density at radius 2 is 1.75 bits per heavy atom. The topological polar surface area (TPSA) is 49.8 Å². The minimum absolute atomic E-state index is 0.882. The molecule has 2 N–H and O–H groups in total. The molecule has 0 spiro atoms. The number of aromatic nitrogens is 2. The highest BCUT2D eigenvalue weighted by molar-refractivity contribution is 5.56. The standard InChI is InChI=1S/C12H22N4/c1-4-6-7-8-14-12-10(3)11(13-5-2)15-9-16-12/h9H,4-8H2,1-3H3,(H2,13,14,15,16). The van der Waals surface area contributed by atoms with E-state index in [0.29, 0.717) is 0 Å². The van der Waals surface area contributed by atoms with Crippen LogP contribution in [-0.2, 0) is 0 Å². The van der Waals surface area contributed by atoms with Crippen molar-refractivity contribution >= 4 is 11.6 Å². The van der Waals surface area contributed by atoms with Crippen LogP contribution >= 0.6 is 0 Å². The summed E-state index contributed by atoms with van der Waals surface area (Å²) in [4.78, 5) is 8.47. The van der Waals surface area contributed by atoms with E-state index in [1.165, 1.54) is 19.3 Å². The second-order valence-electron chi connectivity index (χ2n) is 3.86. The van der Waals surface area contributed by atoms with Crippen LogP contribution in [0.25, 0.3) is 0 Å². The molecule has 1 heterocycles.